The fraction of sp³-hybridized carbons (Fsp3) is 0.409. The maximum absolute atomic E-state index is 2.33. The molecule has 0 unspecified atom stereocenters. The number of aromatic nitrogens is 2. The average molecular weight is 321 g/mol. The molecule has 2 heteroatoms. The van der Waals surface area contributed by atoms with Gasteiger partial charge in [-0.25, -0.2) is 9.13 Å². The van der Waals surface area contributed by atoms with Gasteiger partial charge in [0.2, 0.25) is 6.33 Å². The number of hydrogen-bond donors (Lipinski definition) is 0. The molecule has 2 aromatic rings. The summed E-state index contributed by atoms with van der Waals surface area (Å²) in [7, 11) is 0. The van der Waals surface area contributed by atoms with Crippen LogP contribution < -0.4 is 4.57 Å². The van der Waals surface area contributed by atoms with Crippen LogP contribution in [0.1, 0.15) is 63.6 Å². The molecule has 24 heavy (non-hydrogen) atoms. The maximum atomic E-state index is 2.33. The van der Waals surface area contributed by atoms with Crippen LogP contribution in [-0.2, 0) is 0 Å². The SMILES string of the molecule is CC(C)c1cccc(C(C)C)c1-n1cc[n+]([C@H](C)C2C=CC=C2)c1. The van der Waals surface area contributed by atoms with Gasteiger partial charge in [-0.1, -0.05) is 70.2 Å². The summed E-state index contributed by atoms with van der Waals surface area (Å²) in [6.07, 6.45) is 15.5. The summed E-state index contributed by atoms with van der Waals surface area (Å²) in [4.78, 5) is 0. The topological polar surface area (TPSA) is 8.81 Å². The lowest BCUT2D eigenvalue weighted by Gasteiger charge is -2.16. The van der Waals surface area contributed by atoms with Gasteiger partial charge in [0, 0.05) is 17.0 Å². The summed E-state index contributed by atoms with van der Waals surface area (Å²) in [6, 6.07) is 7.15. The molecule has 0 saturated carbocycles. The Bertz CT molecular complexity index is 724. The number of nitrogens with zero attached hydrogens (tertiary/aromatic N) is 2. The molecule has 1 aromatic carbocycles. The first-order chi connectivity index (χ1) is 11.5. The summed E-state index contributed by atoms with van der Waals surface area (Å²) in [5.41, 5.74) is 4.18. The van der Waals surface area contributed by atoms with E-state index in [1.807, 2.05) is 0 Å². The van der Waals surface area contributed by atoms with Crippen molar-refractivity contribution < 1.29 is 4.57 Å². The van der Waals surface area contributed by atoms with Gasteiger partial charge in [0.1, 0.15) is 24.1 Å². The number of benzene rings is 1. The lowest BCUT2D eigenvalue weighted by Crippen LogP contribution is -2.38. The Kier molecular flexibility index (Phi) is 4.75. The van der Waals surface area contributed by atoms with Crippen LogP contribution in [-0.4, -0.2) is 4.57 Å². The molecular weight excluding hydrogens is 292 g/mol. The summed E-state index contributed by atoms with van der Waals surface area (Å²) in [5, 5.41) is 0. The fourth-order valence-corrected chi connectivity index (χ4v) is 3.52. The monoisotopic (exact) mass is 321 g/mol. The van der Waals surface area contributed by atoms with Crippen molar-refractivity contribution in [3.63, 3.8) is 0 Å². The molecular formula is C22H29N2+. The van der Waals surface area contributed by atoms with Crippen LogP contribution in [0.25, 0.3) is 5.69 Å². The molecule has 1 heterocycles. The zero-order chi connectivity index (χ0) is 17.3. The normalized spacial score (nSPS) is 15.8. The zero-order valence-electron chi connectivity index (χ0n) is 15.5. The van der Waals surface area contributed by atoms with Crippen molar-refractivity contribution in [1.29, 1.82) is 0 Å². The van der Waals surface area contributed by atoms with E-state index in [1.54, 1.807) is 0 Å². The van der Waals surface area contributed by atoms with Gasteiger partial charge in [-0.05, 0) is 18.8 Å². The summed E-state index contributed by atoms with van der Waals surface area (Å²) < 4.78 is 4.63. The minimum Gasteiger partial charge on any atom is -0.233 e. The highest BCUT2D eigenvalue weighted by Gasteiger charge is 2.23. The van der Waals surface area contributed by atoms with Gasteiger partial charge in [-0.3, -0.25) is 0 Å². The van der Waals surface area contributed by atoms with Crippen molar-refractivity contribution in [3.8, 4) is 5.69 Å². The molecule has 0 aliphatic heterocycles. The second-order valence-electron chi connectivity index (χ2n) is 7.45. The Morgan fingerprint density at radius 1 is 0.917 bits per heavy atom. The lowest BCUT2D eigenvalue weighted by molar-refractivity contribution is -0.722. The first-order valence-corrected chi connectivity index (χ1v) is 9.06. The molecule has 0 N–H and O–H groups in total. The Balaban J connectivity index is 2.03. The third-order valence-electron chi connectivity index (χ3n) is 5.06. The summed E-state index contributed by atoms with van der Waals surface area (Å²) >= 11 is 0. The van der Waals surface area contributed by atoms with Gasteiger partial charge in [-0.15, -0.1) is 0 Å². The molecule has 2 nitrogen and oxygen atoms in total. The third kappa shape index (κ3) is 3.10. The van der Waals surface area contributed by atoms with Crippen LogP contribution in [0.5, 0.6) is 0 Å². The lowest BCUT2D eigenvalue weighted by atomic mass is 9.92. The molecule has 0 radical (unpaired) electrons. The Hall–Kier alpha value is -2.09. The number of hydrogen-bond acceptors (Lipinski definition) is 0. The van der Waals surface area contributed by atoms with Crippen LogP contribution >= 0.6 is 0 Å². The largest absolute Gasteiger partial charge is 0.249 e. The van der Waals surface area contributed by atoms with Crippen LogP contribution in [0.15, 0.2) is 61.2 Å². The molecule has 1 aliphatic rings. The second-order valence-corrected chi connectivity index (χ2v) is 7.45. The summed E-state index contributed by atoms with van der Waals surface area (Å²) in [5.74, 6) is 1.50. The van der Waals surface area contributed by atoms with E-state index in [2.05, 4.69) is 105 Å². The fourth-order valence-electron chi connectivity index (χ4n) is 3.52. The van der Waals surface area contributed by atoms with Crippen molar-refractivity contribution in [2.75, 3.05) is 0 Å². The molecule has 0 amide bonds. The van der Waals surface area contributed by atoms with E-state index in [4.69, 9.17) is 0 Å². The second kappa shape index (κ2) is 6.80. The molecule has 0 bridgehead atoms. The Morgan fingerprint density at radius 3 is 2.04 bits per heavy atom. The first-order valence-electron chi connectivity index (χ1n) is 9.06. The number of imidazole rings is 1. The van der Waals surface area contributed by atoms with Crippen molar-refractivity contribution in [2.24, 2.45) is 5.92 Å². The van der Waals surface area contributed by atoms with Gasteiger partial charge >= 0.3 is 0 Å². The molecule has 126 valence electrons. The van der Waals surface area contributed by atoms with Gasteiger partial charge in [0.15, 0.2) is 0 Å². The smallest absolute Gasteiger partial charge is 0.233 e. The van der Waals surface area contributed by atoms with Crippen LogP contribution in [0.2, 0.25) is 0 Å². The van der Waals surface area contributed by atoms with Gasteiger partial charge in [-0.2, -0.15) is 0 Å². The van der Waals surface area contributed by atoms with E-state index in [9.17, 15) is 0 Å². The first kappa shape index (κ1) is 16.8. The van der Waals surface area contributed by atoms with Crippen LogP contribution in [0.4, 0.5) is 0 Å². The highest BCUT2D eigenvalue weighted by atomic mass is 15.1. The van der Waals surface area contributed by atoms with Gasteiger partial charge in [0.25, 0.3) is 0 Å². The highest BCUT2D eigenvalue weighted by Crippen LogP contribution is 2.31. The third-order valence-corrected chi connectivity index (χ3v) is 5.06. The molecule has 1 aromatic heterocycles. The minimum absolute atomic E-state index is 0.426. The molecule has 3 rings (SSSR count). The van der Waals surface area contributed by atoms with E-state index < -0.39 is 0 Å². The highest BCUT2D eigenvalue weighted by molar-refractivity contribution is 5.50. The van der Waals surface area contributed by atoms with Crippen molar-refractivity contribution in [2.45, 2.75) is 52.5 Å². The predicted octanol–water partition coefficient (Wildman–Crippen LogP) is 5.31. The standard InChI is InChI=1S/C22H29N2/c1-16(2)20-11-8-12-21(17(3)4)22(20)24-14-13-23(15-24)18(5)19-9-6-7-10-19/h6-19H,1-5H3/q+1/t18-/m1/s1. The quantitative estimate of drug-likeness (QED) is 0.659. The predicted molar refractivity (Wildman–Crippen MR) is 101 cm³/mol. The van der Waals surface area contributed by atoms with Crippen LogP contribution in [0, 0.1) is 5.92 Å². The van der Waals surface area contributed by atoms with E-state index >= 15 is 0 Å². The molecule has 0 spiro atoms. The van der Waals surface area contributed by atoms with E-state index in [0.29, 0.717) is 23.8 Å². The number of rotatable bonds is 5. The van der Waals surface area contributed by atoms with Gasteiger partial charge < -0.3 is 0 Å². The molecule has 0 fully saturated rings. The van der Waals surface area contributed by atoms with E-state index in [1.165, 1.54) is 16.8 Å². The molecule has 1 aliphatic carbocycles. The molecule has 0 saturated heterocycles. The van der Waals surface area contributed by atoms with E-state index in [-0.39, 0.29) is 0 Å². The van der Waals surface area contributed by atoms with E-state index in [0.717, 1.165) is 0 Å². The maximum Gasteiger partial charge on any atom is 0.249 e. The Morgan fingerprint density at radius 2 is 1.50 bits per heavy atom. The van der Waals surface area contributed by atoms with Crippen molar-refractivity contribution >= 4 is 0 Å². The minimum atomic E-state index is 0.426. The van der Waals surface area contributed by atoms with Crippen molar-refractivity contribution in [3.05, 3.63) is 72.4 Å². The van der Waals surface area contributed by atoms with Crippen molar-refractivity contribution in [1.82, 2.24) is 4.57 Å². The number of para-hydroxylation sites is 1. The molecule has 1 atom stereocenters. The average Bonchev–Trinajstić information content (AvgIpc) is 3.25. The van der Waals surface area contributed by atoms with Gasteiger partial charge in [0.05, 0.1) is 0 Å². The number of allylic oxidation sites excluding steroid dienone is 4. The zero-order valence-corrected chi connectivity index (χ0v) is 15.5. The Labute approximate surface area is 146 Å². The van der Waals surface area contributed by atoms with Crippen LogP contribution in [0.3, 0.4) is 0 Å². The summed E-state index contributed by atoms with van der Waals surface area (Å²) in [6.45, 7) is 11.4.